The molecule has 0 heterocycles. The predicted molar refractivity (Wildman–Crippen MR) is 52.2 cm³/mol. The molecule has 0 spiro atoms. The van der Waals surface area contributed by atoms with Crippen molar-refractivity contribution in [3.05, 3.63) is 0 Å². The zero-order chi connectivity index (χ0) is 7.82. The van der Waals surface area contributed by atoms with Crippen LogP contribution in [-0.2, 0) is 3.02 Å². The summed E-state index contributed by atoms with van der Waals surface area (Å²) in [5, 5.41) is 0. The summed E-state index contributed by atoms with van der Waals surface area (Å²) in [6, 6.07) is 0. The monoisotopic (exact) mass is 286 g/mol. The summed E-state index contributed by atoms with van der Waals surface area (Å²) in [4.78, 5) is 0. The van der Waals surface area contributed by atoms with Gasteiger partial charge in [-0.3, -0.25) is 0 Å². The first kappa shape index (κ1) is 18.5. The van der Waals surface area contributed by atoms with Gasteiger partial charge in [0.15, 0.2) is 0 Å². The predicted octanol–water partition coefficient (Wildman–Crippen LogP) is 0.653. The molecule has 0 amide bonds. The van der Waals surface area contributed by atoms with Crippen LogP contribution in [-0.4, -0.2) is 41.0 Å². The molecule has 1 atom stereocenters. The van der Waals surface area contributed by atoms with Crippen molar-refractivity contribution in [3.8, 4) is 0 Å². The maximum atomic E-state index is 5.14. The van der Waals surface area contributed by atoms with Crippen molar-refractivity contribution < 1.29 is 14.0 Å². The van der Waals surface area contributed by atoms with Crippen LogP contribution in [0.15, 0.2) is 0 Å². The molecule has 0 fully saturated rings. The molecule has 3 nitrogen and oxygen atoms in total. The topological polar surface area (TPSA) is 72.2 Å². The molecule has 0 aliphatic carbocycles. The summed E-state index contributed by atoms with van der Waals surface area (Å²) in [7, 11) is 0. The Morgan fingerprint density at radius 3 is 2.17 bits per heavy atom. The van der Waals surface area contributed by atoms with Crippen LogP contribution in [0.1, 0.15) is 39.5 Å². The summed E-state index contributed by atoms with van der Waals surface area (Å²) < 4.78 is 5.14. The molecule has 4 N–H and O–H groups in total. The van der Waals surface area contributed by atoms with Gasteiger partial charge in [-0.2, -0.15) is 0 Å². The molecule has 1 unspecified atom stereocenters. The van der Waals surface area contributed by atoms with E-state index in [1.807, 2.05) is 0 Å². The summed E-state index contributed by atoms with van der Waals surface area (Å²) in [6.45, 7) is 5.44. The molecule has 4 heteroatoms. The van der Waals surface area contributed by atoms with E-state index in [0.29, 0.717) is 0 Å². The third-order valence-corrected chi connectivity index (χ3v) is 2.28. The van der Waals surface area contributed by atoms with Gasteiger partial charge in [0.05, 0.1) is 0 Å². The number of rotatable bonds is 6. The molecule has 0 aliphatic heterocycles. The van der Waals surface area contributed by atoms with Crippen LogP contribution < -0.4 is 0 Å². The average Bonchev–Trinajstić information content (AvgIpc) is 1.98. The second-order valence-electron chi connectivity index (χ2n) is 2.71. The molecular weight excluding hydrogens is 266 g/mol. The van der Waals surface area contributed by atoms with E-state index in [1.165, 1.54) is 49.1 Å². The fourth-order valence-corrected chi connectivity index (χ4v) is 1.61. The molecule has 0 saturated carbocycles. The van der Waals surface area contributed by atoms with Crippen LogP contribution in [0, 0.1) is 5.92 Å². The fourth-order valence-electron chi connectivity index (χ4n) is 1.00. The second-order valence-corrected chi connectivity index (χ2v) is 3.45. The third-order valence-electron chi connectivity index (χ3n) is 1.85. The van der Waals surface area contributed by atoms with Gasteiger partial charge in [0.1, 0.15) is 0 Å². The summed E-state index contributed by atoms with van der Waals surface area (Å²) in [5.74, 6) is 0.809. The Morgan fingerprint density at radius 1 is 1.25 bits per heavy atom. The van der Waals surface area contributed by atoms with E-state index < -0.39 is 0 Å². The van der Waals surface area contributed by atoms with Crippen LogP contribution in [0.5, 0.6) is 0 Å². The van der Waals surface area contributed by atoms with Gasteiger partial charge in [0, 0.05) is 0 Å². The SMILES string of the molecule is CCCCC(CC)C[O][Sb].O.O. The van der Waals surface area contributed by atoms with E-state index in [4.69, 9.17) is 3.02 Å². The first-order chi connectivity index (χ1) is 4.85. The van der Waals surface area contributed by atoms with Crippen LogP contribution in [0.4, 0.5) is 0 Å². The summed E-state index contributed by atoms with van der Waals surface area (Å²) >= 11 is 1.47. The molecule has 0 bridgehead atoms. The van der Waals surface area contributed by atoms with Crippen molar-refractivity contribution in [2.75, 3.05) is 6.61 Å². The van der Waals surface area contributed by atoms with Crippen LogP contribution >= 0.6 is 0 Å². The molecule has 0 aromatic heterocycles. The Bertz CT molecular complexity index is 71.3. The normalized spacial score (nSPS) is 11.2. The number of hydrogen-bond acceptors (Lipinski definition) is 1. The van der Waals surface area contributed by atoms with E-state index in [2.05, 4.69) is 13.8 Å². The van der Waals surface area contributed by atoms with Gasteiger partial charge in [-0.05, 0) is 0 Å². The Labute approximate surface area is 89.5 Å². The van der Waals surface area contributed by atoms with Gasteiger partial charge >= 0.3 is 78.5 Å². The Hall–Kier alpha value is 0.698. The molecule has 0 rings (SSSR count). The fraction of sp³-hybridized carbons (Fsp3) is 1.00. The Morgan fingerprint density at radius 2 is 1.83 bits per heavy atom. The maximum Gasteiger partial charge on any atom is -0.412 e. The van der Waals surface area contributed by atoms with E-state index in [1.54, 1.807) is 0 Å². The number of unbranched alkanes of at least 4 members (excludes halogenated alkanes) is 1. The van der Waals surface area contributed by atoms with E-state index in [9.17, 15) is 0 Å². The first-order valence-corrected chi connectivity index (χ1v) is 5.15. The van der Waals surface area contributed by atoms with Crippen molar-refractivity contribution in [1.82, 2.24) is 0 Å². The zero-order valence-corrected chi connectivity index (χ0v) is 10.5. The van der Waals surface area contributed by atoms with Gasteiger partial charge in [0.25, 0.3) is 0 Å². The van der Waals surface area contributed by atoms with Crippen molar-refractivity contribution in [2.24, 2.45) is 5.92 Å². The quantitative estimate of drug-likeness (QED) is 0.661. The van der Waals surface area contributed by atoms with Crippen molar-refractivity contribution in [2.45, 2.75) is 39.5 Å². The van der Waals surface area contributed by atoms with Gasteiger partial charge in [-0.25, -0.2) is 0 Å². The van der Waals surface area contributed by atoms with Gasteiger partial charge in [-0.15, -0.1) is 0 Å². The van der Waals surface area contributed by atoms with Crippen LogP contribution in [0.25, 0.3) is 0 Å². The Kier molecular flexibility index (Phi) is 21.9. The second kappa shape index (κ2) is 14.2. The number of hydrogen-bond donors (Lipinski definition) is 0. The van der Waals surface area contributed by atoms with Gasteiger partial charge in [-0.1, -0.05) is 0 Å². The minimum absolute atomic E-state index is 0. The minimum atomic E-state index is 0. The van der Waals surface area contributed by atoms with Crippen molar-refractivity contribution in [3.63, 3.8) is 0 Å². The van der Waals surface area contributed by atoms with Crippen LogP contribution in [0.2, 0.25) is 0 Å². The molecule has 0 aromatic carbocycles. The van der Waals surface area contributed by atoms with Gasteiger partial charge < -0.3 is 11.0 Å². The van der Waals surface area contributed by atoms with Crippen molar-refractivity contribution in [1.29, 1.82) is 0 Å². The third kappa shape index (κ3) is 10.7. The van der Waals surface area contributed by atoms with E-state index >= 15 is 0 Å². The average molecular weight is 287 g/mol. The van der Waals surface area contributed by atoms with E-state index in [-0.39, 0.29) is 11.0 Å². The minimum Gasteiger partial charge on any atom is -0.412 e. The first-order valence-electron chi connectivity index (χ1n) is 4.11. The standard InChI is InChI=1S/C8H17O.2H2O.Sb/c1-3-5-6-8(4-2)7-9;;;/h8H,3-7H2,1-2H3;2*1H2;/q-1;;;+1. The Balaban J connectivity index is -0.000000405. The molecule has 0 aliphatic rings. The molecule has 0 aromatic rings. The van der Waals surface area contributed by atoms with Crippen LogP contribution in [0.3, 0.4) is 0 Å². The molecule has 12 heavy (non-hydrogen) atoms. The molecule has 0 saturated heterocycles. The largest absolute Gasteiger partial charge is 0.412 e. The molecular formula is C8H21O3Sb. The van der Waals surface area contributed by atoms with Gasteiger partial charge in [0.2, 0.25) is 0 Å². The van der Waals surface area contributed by atoms with E-state index in [0.717, 1.165) is 12.5 Å². The zero-order valence-electron chi connectivity index (χ0n) is 7.97. The smallest absolute Gasteiger partial charge is 0.412 e. The molecule has 76 valence electrons. The van der Waals surface area contributed by atoms with Crippen molar-refractivity contribution >= 4 is 23.4 Å². The maximum absolute atomic E-state index is 5.14. The summed E-state index contributed by atoms with van der Waals surface area (Å²) in [6.07, 6.45) is 5.27. The molecule has 2 radical (unpaired) electrons. The summed E-state index contributed by atoms with van der Waals surface area (Å²) in [5.41, 5.74) is 0.